The molecule has 0 radical (unpaired) electrons. The van der Waals surface area contributed by atoms with Gasteiger partial charge in [-0.1, -0.05) is 42.5 Å². The molecule has 138 valence electrons. The molecular formula is C18H19BrN2O4S. The van der Waals surface area contributed by atoms with Gasteiger partial charge in [0.2, 0.25) is 15.9 Å². The Morgan fingerprint density at radius 2 is 1.85 bits per heavy atom. The highest BCUT2D eigenvalue weighted by Crippen LogP contribution is 2.23. The smallest absolute Gasteiger partial charge is 0.242 e. The summed E-state index contributed by atoms with van der Waals surface area (Å²) in [6.07, 6.45) is -0.200. The number of rotatable bonds is 5. The Hall–Kier alpha value is -1.74. The highest BCUT2D eigenvalue weighted by Gasteiger charge is 2.26. The minimum absolute atomic E-state index is 0.108. The highest BCUT2D eigenvalue weighted by molar-refractivity contribution is 9.10. The quantitative estimate of drug-likeness (QED) is 0.776. The summed E-state index contributed by atoms with van der Waals surface area (Å²) < 4.78 is 33.3. The molecule has 0 aromatic heterocycles. The van der Waals surface area contributed by atoms with Crippen LogP contribution in [0.2, 0.25) is 0 Å². The molecule has 0 bridgehead atoms. The van der Waals surface area contributed by atoms with Crippen molar-refractivity contribution in [3.63, 3.8) is 0 Å². The summed E-state index contributed by atoms with van der Waals surface area (Å²) in [6.45, 7) is 0.978. The summed E-state index contributed by atoms with van der Waals surface area (Å²) in [5, 5.41) is 0. The van der Waals surface area contributed by atoms with Crippen LogP contribution in [0.3, 0.4) is 0 Å². The van der Waals surface area contributed by atoms with Gasteiger partial charge in [0.05, 0.1) is 24.6 Å². The molecule has 1 heterocycles. The minimum Gasteiger partial charge on any atom is -0.370 e. The molecule has 0 spiro atoms. The van der Waals surface area contributed by atoms with Crippen LogP contribution in [-0.4, -0.2) is 45.5 Å². The van der Waals surface area contributed by atoms with Crippen molar-refractivity contribution in [2.45, 2.75) is 11.0 Å². The molecule has 1 fully saturated rings. The molecule has 1 unspecified atom stereocenters. The van der Waals surface area contributed by atoms with E-state index in [4.69, 9.17) is 4.74 Å². The Labute approximate surface area is 161 Å². The first-order chi connectivity index (χ1) is 12.5. The van der Waals surface area contributed by atoms with Gasteiger partial charge >= 0.3 is 0 Å². The Kier molecular flexibility index (Phi) is 6.08. The Morgan fingerprint density at radius 1 is 1.15 bits per heavy atom. The second-order valence-electron chi connectivity index (χ2n) is 5.86. The fourth-order valence-corrected chi connectivity index (χ4v) is 4.73. The van der Waals surface area contributed by atoms with Crippen molar-refractivity contribution >= 4 is 31.9 Å². The fraction of sp³-hybridized carbons (Fsp3) is 0.278. The SMILES string of the molecule is O=C(CNS(=O)(=O)c1ccccc1Br)N1CCOC(c2ccccc2)C1. The van der Waals surface area contributed by atoms with Gasteiger partial charge in [-0.15, -0.1) is 0 Å². The third kappa shape index (κ3) is 4.50. The predicted octanol–water partition coefficient (Wildman–Crippen LogP) is 2.33. The van der Waals surface area contributed by atoms with Crippen LogP contribution in [0.25, 0.3) is 0 Å². The van der Waals surface area contributed by atoms with Crippen LogP contribution >= 0.6 is 15.9 Å². The second kappa shape index (κ2) is 8.30. The van der Waals surface area contributed by atoms with E-state index >= 15 is 0 Å². The molecule has 6 nitrogen and oxygen atoms in total. The number of halogens is 1. The number of amides is 1. The minimum atomic E-state index is -3.77. The Morgan fingerprint density at radius 3 is 2.58 bits per heavy atom. The van der Waals surface area contributed by atoms with Crippen molar-refractivity contribution < 1.29 is 17.9 Å². The van der Waals surface area contributed by atoms with E-state index in [0.717, 1.165) is 5.56 Å². The van der Waals surface area contributed by atoms with Crippen molar-refractivity contribution in [3.8, 4) is 0 Å². The molecule has 8 heteroatoms. The van der Waals surface area contributed by atoms with E-state index in [0.29, 0.717) is 24.2 Å². The molecule has 0 aliphatic carbocycles. The van der Waals surface area contributed by atoms with Crippen LogP contribution < -0.4 is 4.72 Å². The van der Waals surface area contributed by atoms with Gasteiger partial charge in [-0.05, 0) is 33.6 Å². The van der Waals surface area contributed by atoms with Crippen LogP contribution in [0.4, 0.5) is 0 Å². The van der Waals surface area contributed by atoms with Gasteiger partial charge in [0.1, 0.15) is 6.10 Å². The summed E-state index contributed by atoms with van der Waals surface area (Å²) in [4.78, 5) is 14.2. The monoisotopic (exact) mass is 438 g/mol. The third-order valence-corrected chi connectivity index (χ3v) is 6.54. The number of morpholine rings is 1. The van der Waals surface area contributed by atoms with Crippen molar-refractivity contribution in [3.05, 3.63) is 64.6 Å². The second-order valence-corrected chi connectivity index (χ2v) is 8.45. The Bertz CT molecular complexity index is 874. The number of benzene rings is 2. The Balaban J connectivity index is 1.62. The fourth-order valence-electron chi connectivity index (χ4n) is 2.75. The zero-order valence-corrected chi connectivity index (χ0v) is 16.4. The molecule has 1 N–H and O–H groups in total. The van der Waals surface area contributed by atoms with E-state index in [-0.39, 0.29) is 23.5 Å². The van der Waals surface area contributed by atoms with E-state index in [9.17, 15) is 13.2 Å². The number of hydrogen-bond donors (Lipinski definition) is 1. The number of carbonyl (C=O) groups excluding carboxylic acids is 1. The summed E-state index contributed by atoms with van der Waals surface area (Å²) in [6, 6.07) is 16.2. The van der Waals surface area contributed by atoms with Gasteiger partial charge in [0.15, 0.2) is 0 Å². The van der Waals surface area contributed by atoms with Gasteiger partial charge in [0, 0.05) is 11.0 Å². The maximum atomic E-state index is 12.5. The molecule has 1 aliphatic heterocycles. The lowest BCUT2D eigenvalue weighted by Crippen LogP contribution is -2.46. The molecule has 1 amide bonds. The molecule has 1 aliphatic rings. The van der Waals surface area contributed by atoms with Crippen LogP contribution in [-0.2, 0) is 19.6 Å². The normalized spacial score (nSPS) is 17.9. The van der Waals surface area contributed by atoms with Crippen molar-refractivity contribution in [1.29, 1.82) is 0 Å². The van der Waals surface area contributed by atoms with E-state index in [2.05, 4.69) is 20.7 Å². The summed E-state index contributed by atoms with van der Waals surface area (Å²) >= 11 is 3.22. The number of hydrogen-bond acceptors (Lipinski definition) is 4. The maximum absolute atomic E-state index is 12.5. The van der Waals surface area contributed by atoms with E-state index in [1.54, 1.807) is 23.1 Å². The molecule has 1 saturated heterocycles. The van der Waals surface area contributed by atoms with Crippen molar-refractivity contribution in [1.82, 2.24) is 9.62 Å². The zero-order chi connectivity index (χ0) is 18.6. The number of nitrogens with one attached hydrogen (secondary N) is 1. The molecule has 1 atom stereocenters. The standard InChI is InChI=1S/C18H19BrN2O4S/c19-15-8-4-5-9-17(15)26(23,24)20-12-18(22)21-10-11-25-16(13-21)14-6-2-1-3-7-14/h1-9,16,20H,10-13H2. The van der Waals surface area contributed by atoms with E-state index in [1.807, 2.05) is 30.3 Å². The molecular weight excluding hydrogens is 420 g/mol. The summed E-state index contributed by atoms with van der Waals surface area (Å²) in [5.41, 5.74) is 0.999. The number of ether oxygens (including phenoxy) is 1. The van der Waals surface area contributed by atoms with Gasteiger partial charge in [-0.3, -0.25) is 4.79 Å². The zero-order valence-electron chi connectivity index (χ0n) is 14.0. The van der Waals surface area contributed by atoms with E-state index < -0.39 is 10.0 Å². The third-order valence-electron chi connectivity index (χ3n) is 4.13. The molecule has 3 rings (SSSR count). The van der Waals surface area contributed by atoms with Gasteiger partial charge in [0.25, 0.3) is 0 Å². The predicted molar refractivity (Wildman–Crippen MR) is 101 cm³/mol. The number of carbonyl (C=O) groups is 1. The first-order valence-corrected chi connectivity index (χ1v) is 10.4. The molecule has 26 heavy (non-hydrogen) atoms. The lowest BCUT2D eigenvalue weighted by atomic mass is 10.1. The molecule has 2 aromatic carbocycles. The number of sulfonamides is 1. The van der Waals surface area contributed by atoms with Gasteiger partial charge < -0.3 is 9.64 Å². The first-order valence-electron chi connectivity index (χ1n) is 8.16. The number of nitrogens with zero attached hydrogens (tertiary/aromatic N) is 1. The molecule has 0 saturated carbocycles. The lowest BCUT2D eigenvalue weighted by Gasteiger charge is -2.33. The average molecular weight is 439 g/mol. The van der Waals surface area contributed by atoms with Gasteiger partial charge in [-0.2, -0.15) is 0 Å². The van der Waals surface area contributed by atoms with E-state index in [1.165, 1.54) is 6.07 Å². The highest BCUT2D eigenvalue weighted by atomic mass is 79.9. The van der Waals surface area contributed by atoms with Gasteiger partial charge in [-0.25, -0.2) is 13.1 Å². The van der Waals surface area contributed by atoms with Crippen LogP contribution in [0.1, 0.15) is 11.7 Å². The summed E-state index contributed by atoms with van der Waals surface area (Å²) in [7, 11) is -3.77. The summed E-state index contributed by atoms with van der Waals surface area (Å²) in [5.74, 6) is -0.273. The van der Waals surface area contributed by atoms with Crippen molar-refractivity contribution in [2.24, 2.45) is 0 Å². The average Bonchev–Trinajstić information content (AvgIpc) is 2.67. The largest absolute Gasteiger partial charge is 0.370 e. The van der Waals surface area contributed by atoms with Crippen molar-refractivity contribution in [2.75, 3.05) is 26.2 Å². The van der Waals surface area contributed by atoms with Crippen LogP contribution in [0.5, 0.6) is 0 Å². The topological polar surface area (TPSA) is 75.7 Å². The molecule has 2 aromatic rings. The van der Waals surface area contributed by atoms with Crippen LogP contribution in [0.15, 0.2) is 64.0 Å². The maximum Gasteiger partial charge on any atom is 0.242 e. The first kappa shape index (κ1) is 19.0. The lowest BCUT2D eigenvalue weighted by molar-refractivity contribution is -0.137. The van der Waals surface area contributed by atoms with Crippen LogP contribution in [0, 0.1) is 0 Å².